The van der Waals surface area contributed by atoms with Gasteiger partial charge < -0.3 is 0 Å². The van der Waals surface area contributed by atoms with Gasteiger partial charge in [0.2, 0.25) is 6.54 Å². The fourth-order valence-electron chi connectivity index (χ4n) is 2.71. The van der Waals surface area contributed by atoms with E-state index in [2.05, 4.69) is 13.0 Å². The molecule has 0 N–H and O–H groups in total. The fraction of sp³-hybridized carbons (Fsp3) is 0.800. The summed E-state index contributed by atoms with van der Waals surface area (Å²) < 4.78 is 0. The molecular weight excluding hydrogens is 166 g/mol. The van der Waals surface area contributed by atoms with E-state index in [1.165, 1.54) is 12.0 Å². The second-order valence-electron chi connectivity index (χ2n) is 4.23. The molecule has 1 fully saturated rings. The number of allylic oxidation sites excluding steroid dienone is 2. The van der Waals surface area contributed by atoms with Crippen LogP contribution in [0.1, 0.15) is 26.2 Å². The Morgan fingerprint density at radius 1 is 1.69 bits per heavy atom. The molecule has 2 rings (SSSR count). The quantitative estimate of drug-likeness (QED) is 0.381. The minimum Gasteiger partial charge on any atom is -0.265 e. The van der Waals surface area contributed by atoms with Crippen LogP contribution >= 0.6 is 0 Å². The molecule has 0 unspecified atom stereocenters. The highest BCUT2D eigenvalue weighted by atomic mass is 16.6. The maximum absolute atomic E-state index is 10.3. The molecule has 1 saturated carbocycles. The van der Waals surface area contributed by atoms with Crippen molar-refractivity contribution in [2.75, 3.05) is 6.54 Å². The first-order valence-corrected chi connectivity index (χ1v) is 5.02. The summed E-state index contributed by atoms with van der Waals surface area (Å²) in [6.07, 6.45) is 5.70. The van der Waals surface area contributed by atoms with Gasteiger partial charge in [-0.15, -0.1) is 0 Å². The highest BCUT2D eigenvalue weighted by Gasteiger charge is 2.45. The number of hydrogen-bond acceptors (Lipinski definition) is 2. The molecule has 0 bridgehead atoms. The van der Waals surface area contributed by atoms with Crippen LogP contribution in [0.5, 0.6) is 0 Å². The van der Waals surface area contributed by atoms with Crippen LogP contribution in [0, 0.1) is 27.9 Å². The topological polar surface area (TPSA) is 43.1 Å². The van der Waals surface area contributed by atoms with Crippen LogP contribution in [0.4, 0.5) is 0 Å². The van der Waals surface area contributed by atoms with Crippen molar-refractivity contribution in [1.29, 1.82) is 0 Å². The molecule has 3 atom stereocenters. The first kappa shape index (κ1) is 8.73. The van der Waals surface area contributed by atoms with Gasteiger partial charge in [0.15, 0.2) is 0 Å². The van der Waals surface area contributed by atoms with Crippen molar-refractivity contribution in [2.45, 2.75) is 26.2 Å². The van der Waals surface area contributed by atoms with Gasteiger partial charge in [-0.3, -0.25) is 10.1 Å². The third-order valence-corrected chi connectivity index (χ3v) is 3.48. The predicted molar refractivity (Wildman–Crippen MR) is 49.9 cm³/mol. The van der Waals surface area contributed by atoms with E-state index in [1.807, 2.05) is 0 Å². The Labute approximate surface area is 78.0 Å². The average Bonchev–Trinajstić information content (AvgIpc) is 2.38. The fourth-order valence-corrected chi connectivity index (χ4v) is 2.71. The lowest BCUT2D eigenvalue weighted by atomic mass is 9.66. The summed E-state index contributed by atoms with van der Waals surface area (Å²) in [4.78, 5) is 10.2. The van der Waals surface area contributed by atoms with Crippen molar-refractivity contribution in [1.82, 2.24) is 0 Å². The van der Waals surface area contributed by atoms with E-state index < -0.39 is 0 Å². The summed E-state index contributed by atoms with van der Waals surface area (Å²) in [6.45, 7) is 2.34. The highest BCUT2D eigenvalue weighted by molar-refractivity contribution is 5.19. The van der Waals surface area contributed by atoms with E-state index in [1.54, 1.807) is 0 Å². The van der Waals surface area contributed by atoms with Gasteiger partial charge in [0.25, 0.3) is 0 Å². The molecule has 0 spiro atoms. The molecule has 0 aliphatic heterocycles. The van der Waals surface area contributed by atoms with Crippen LogP contribution in [0.3, 0.4) is 0 Å². The Balaban J connectivity index is 1.93. The summed E-state index contributed by atoms with van der Waals surface area (Å²) in [7, 11) is 0. The number of rotatable bonds is 3. The van der Waals surface area contributed by atoms with Crippen molar-refractivity contribution in [3.05, 3.63) is 21.8 Å². The third kappa shape index (κ3) is 1.47. The molecule has 0 saturated heterocycles. The smallest absolute Gasteiger partial charge is 0.207 e. The maximum atomic E-state index is 10.3. The number of nitro groups is 1. The molecule has 0 aromatic carbocycles. The van der Waals surface area contributed by atoms with E-state index in [0.717, 1.165) is 18.8 Å². The minimum absolute atomic E-state index is 0.168. The van der Waals surface area contributed by atoms with Gasteiger partial charge in [0, 0.05) is 10.8 Å². The SMILES string of the molecule is CCC1=C[C@H]2[C@@H](C[N+](=O)[O-])C[C@@H]2C1. The number of fused-ring (bicyclic) bond motifs is 1. The van der Waals surface area contributed by atoms with E-state index >= 15 is 0 Å². The summed E-state index contributed by atoms with van der Waals surface area (Å²) in [5, 5.41) is 10.3. The van der Waals surface area contributed by atoms with E-state index in [-0.39, 0.29) is 11.5 Å². The second-order valence-corrected chi connectivity index (χ2v) is 4.23. The summed E-state index contributed by atoms with van der Waals surface area (Å²) in [5.41, 5.74) is 1.51. The highest BCUT2D eigenvalue weighted by Crippen LogP contribution is 2.50. The summed E-state index contributed by atoms with van der Waals surface area (Å²) in [5.74, 6) is 1.63. The lowest BCUT2D eigenvalue weighted by molar-refractivity contribution is -0.493. The molecule has 0 aromatic rings. The standard InChI is InChI=1S/C10H15NO2/c1-2-7-3-8-5-9(6-11(12)13)10(8)4-7/h4,8-10H,2-3,5-6H2,1H3/t8-,9+,10+/m0/s1. The van der Waals surface area contributed by atoms with Gasteiger partial charge >= 0.3 is 0 Å². The van der Waals surface area contributed by atoms with Gasteiger partial charge in [0.1, 0.15) is 0 Å². The van der Waals surface area contributed by atoms with Crippen LogP contribution < -0.4 is 0 Å². The lowest BCUT2D eigenvalue weighted by Crippen LogP contribution is -2.37. The number of hydrogen-bond donors (Lipinski definition) is 0. The Bertz CT molecular complexity index is 260. The zero-order valence-corrected chi connectivity index (χ0v) is 7.90. The van der Waals surface area contributed by atoms with E-state index in [9.17, 15) is 10.1 Å². The molecular formula is C10H15NO2. The van der Waals surface area contributed by atoms with Crippen molar-refractivity contribution < 1.29 is 4.92 Å². The van der Waals surface area contributed by atoms with Crippen LogP contribution in [-0.4, -0.2) is 11.5 Å². The Hall–Kier alpha value is -0.860. The van der Waals surface area contributed by atoms with Crippen LogP contribution in [0.25, 0.3) is 0 Å². The van der Waals surface area contributed by atoms with Gasteiger partial charge in [-0.05, 0) is 31.1 Å². The third-order valence-electron chi connectivity index (χ3n) is 3.48. The second kappa shape index (κ2) is 3.13. The van der Waals surface area contributed by atoms with Gasteiger partial charge in [-0.25, -0.2) is 0 Å². The largest absolute Gasteiger partial charge is 0.265 e. The van der Waals surface area contributed by atoms with Crippen LogP contribution in [0.15, 0.2) is 11.6 Å². The lowest BCUT2D eigenvalue weighted by Gasteiger charge is -2.37. The molecule has 0 aromatic heterocycles. The molecule has 0 radical (unpaired) electrons. The first-order chi connectivity index (χ1) is 6.20. The normalized spacial score (nSPS) is 36.4. The molecule has 0 amide bonds. The molecule has 2 aliphatic carbocycles. The van der Waals surface area contributed by atoms with Crippen LogP contribution in [0.2, 0.25) is 0 Å². The van der Waals surface area contributed by atoms with Gasteiger partial charge in [0.05, 0.1) is 0 Å². The molecule has 2 aliphatic rings. The van der Waals surface area contributed by atoms with Gasteiger partial charge in [-0.1, -0.05) is 18.6 Å². The molecule has 0 heterocycles. The van der Waals surface area contributed by atoms with Crippen molar-refractivity contribution in [3.8, 4) is 0 Å². The number of nitrogens with zero attached hydrogens (tertiary/aromatic N) is 1. The van der Waals surface area contributed by atoms with Crippen molar-refractivity contribution >= 4 is 0 Å². The maximum Gasteiger partial charge on any atom is 0.207 e. The average molecular weight is 181 g/mol. The van der Waals surface area contributed by atoms with Crippen molar-refractivity contribution in [2.24, 2.45) is 17.8 Å². The minimum atomic E-state index is -0.168. The van der Waals surface area contributed by atoms with E-state index in [4.69, 9.17) is 0 Å². The Kier molecular flexibility index (Phi) is 2.10. The van der Waals surface area contributed by atoms with Gasteiger partial charge in [-0.2, -0.15) is 0 Å². The molecule has 3 heteroatoms. The zero-order valence-electron chi connectivity index (χ0n) is 7.90. The first-order valence-electron chi connectivity index (χ1n) is 5.02. The Morgan fingerprint density at radius 3 is 3.08 bits per heavy atom. The molecule has 13 heavy (non-hydrogen) atoms. The Morgan fingerprint density at radius 2 is 2.46 bits per heavy atom. The summed E-state index contributed by atoms with van der Waals surface area (Å²) >= 11 is 0. The molecule has 72 valence electrons. The summed E-state index contributed by atoms with van der Waals surface area (Å²) in [6, 6.07) is 0. The molecule has 3 nitrogen and oxygen atoms in total. The van der Waals surface area contributed by atoms with Crippen LogP contribution in [-0.2, 0) is 0 Å². The van der Waals surface area contributed by atoms with Crippen molar-refractivity contribution in [3.63, 3.8) is 0 Å². The predicted octanol–water partition coefficient (Wildman–Crippen LogP) is 2.26. The van der Waals surface area contributed by atoms with E-state index in [0.29, 0.717) is 11.8 Å². The monoisotopic (exact) mass is 181 g/mol. The zero-order chi connectivity index (χ0) is 9.42.